The zero-order chi connectivity index (χ0) is 18.5. The molecule has 3 N–H and O–H groups in total. The smallest absolute Gasteiger partial charge is 0.248 e. The lowest BCUT2D eigenvalue weighted by molar-refractivity contribution is -0.115. The molecule has 7 heteroatoms. The molecule has 0 spiro atoms. The van der Waals surface area contributed by atoms with Gasteiger partial charge in [0.05, 0.1) is 17.1 Å². The summed E-state index contributed by atoms with van der Waals surface area (Å²) in [6.45, 7) is 0. The summed E-state index contributed by atoms with van der Waals surface area (Å²) in [7, 11) is 0. The molecule has 0 atom stereocenters. The average Bonchev–Trinajstić information content (AvgIpc) is 3.02. The van der Waals surface area contributed by atoms with Crippen molar-refractivity contribution in [1.82, 2.24) is 4.98 Å². The molecule has 1 aromatic heterocycles. The highest BCUT2D eigenvalue weighted by Gasteiger charge is 2.09. The first-order chi connectivity index (χ1) is 12.5. The number of nitrogens with two attached hydrogens (primary N) is 1. The Kier molecular flexibility index (Phi) is 5.65. The number of nitrogens with zero attached hydrogens (tertiary/aromatic N) is 1. The molecule has 0 bridgehead atoms. The quantitative estimate of drug-likeness (QED) is 0.678. The summed E-state index contributed by atoms with van der Waals surface area (Å²) < 4.78 is 0. The highest BCUT2D eigenvalue weighted by molar-refractivity contribution is 7.09. The van der Waals surface area contributed by atoms with Gasteiger partial charge < -0.3 is 11.1 Å². The van der Waals surface area contributed by atoms with Crippen molar-refractivity contribution >= 4 is 40.4 Å². The second-order valence-corrected chi connectivity index (χ2v) is 7.08. The lowest BCUT2D eigenvalue weighted by Gasteiger charge is -2.04. The Morgan fingerprint density at radius 2 is 1.92 bits per heavy atom. The maximum Gasteiger partial charge on any atom is 0.248 e. The van der Waals surface area contributed by atoms with Gasteiger partial charge in [-0.2, -0.15) is 0 Å². The van der Waals surface area contributed by atoms with Crippen molar-refractivity contribution in [3.8, 4) is 0 Å². The molecular weight excluding hydrogens is 370 g/mol. The first kappa shape index (κ1) is 18.1. The van der Waals surface area contributed by atoms with Gasteiger partial charge in [-0.15, -0.1) is 11.3 Å². The Morgan fingerprint density at radius 3 is 2.62 bits per heavy atom. The Bertz CT molecular complexity index is 938. The molecule has 0 saturated heterocycles. The van der Waals surface area contributed by atoms with Crippen LogP contribution in [0, 0.1) is 0 Å². The number of rotatable bonds is 6. The summed E-state index contributed by atoms with van der Waals surface area (Å²) >= 11 is 7.51. The molecule has 0 aliphatic rings. The Balaban J connectivity index is 1.58. The van der Waals surface area contributed by atoms with Gasteiger partial charge in [0, 0.05) is 28.1 Å². The number of nitrogens with one attached hydrogen (secondary N) is 1. The number of hydrogen-bond acceptors (Lipinski definition) is 4. The van der Waals surface area contributed by atoms with Crippen LogP contribution in [0.5, 0.6) is 0 Å². The minimum absolute atomic E-state index is 0.170. The fraction of sp³-hybridized carbons (Fsp3) is 0.105. The van der Waals surface area contributed by atoms with E-state index in [0.717, 1.165) is 16.3 Å². The SMILES string of the molecule is NC(=O)c1ccc(NC(=O)Cc2csc(Cc3cccc(Cl)c3)n2)cc1. The molecule has 2 aromatic carbocycles. The number of aromatic nitrogens is 1. The van der Waals surface area contributed by atoms with Crippen LogP contribution in [0.3, 0.4) is 0 Å². The van der Waals surface area contributed by atoms with E-state index in [-0.39, 0.29) is 12.3 Å². The molecule has 3 rings (SSSR count). The molecule has 2 amide bonds. The number of thiazole rings is 1. The molecule has 0 aliphatic heterocycles. The van der Waals surface area contributed by atoms with Crippen LogP contribution in [0.1, 0.15) is 26.6 Å². The highest BCUT2D eigenvalue weighted by atomic mass is 35.5. The van der Waals surface area contributed by atoms with Gasteiger partial charge >= 0.3 is 0 Å². The molecule has 26 heavy (non-hydrogen) atoms. The van der Waals surface area contributed by atoms with Gasteiger partial charge in [0.1, 0.15) is 0 Å². The van der Waals surface area contributed by atoms with E-state index in [0.29, 0.717) is 22.7 Å². The molecule has 1 heterocycles. The van der Waals surface area contributed by atoms with E-state index in [4.69, 9.17) is 17.3 Å². The molecule has 0 fully saturated rings. The summed E-state index contributed by atoms with van der Waals surface area (Å²) in [4.78, 5) is 27.7. The average molecular weight is 386 g/mol. The van der Waals surface area contributed by atoms with Crippen LogP contribution in [-0.4, -0.2) is 16.8 Å². The number of amides is 2. The molecular formula is C19H16ClN3O2S. The first-order valence-corrected chi connectivity index (χ1v) is 9.13. The van der Waals surface area contributed by atoms with Crippen LogP contribution >= 0.6 is 22.9 Å². The van der Waals surface area contributed by atoms with Crippen molar-refractivity contribution in [2.24, 2.45) is 5.73 Å². The summed E-state index contributed by atoms with van der Waals surface area (Å²) in [5.41, 5.74) is 8.00. The maximum atomic E-state index is 12.2. The molecule has 3 aromatic rings. The van der Waals surface area contributed by atoms with E-state index in [2.05, 4.69) is 10.3 Å². The van der Waals surface area contributed by atoms with Gasteiger partial charge in [-0.05, 0) is 42.0 Å². The number of anilines is 1. The molecule has 0 saturated carbocycles. The van der Waals surface area contributed by atoms with E-state index < -0.39 is 5.91 Å². The van der Waals surface area contributed by atoms with Gasteiger partial charge in [0.2, 0.25) is 11.8 Å². The van der Waals surface area contributed by atoms with E-state index >= 15 is 0 Å². The van der Waals surface area contributed by atoms with Crippen LogP contribution in [0.25, 0.3) is 0 Å². The van der Waals surface area contributed by atoms with Gasteiger partial charge in [0.25, 0.3) is 0 Å². The summed E-state index contributed by atoms with van der Waals surface area (Å²) in [5.74, 6) is -0.672. The first-order valence-electron chi connectivity index (χ1n) is 7.87. The molecule has 0 aliphatic carbocycles. The zero-order valence-corrected chi connectivity index (χ0v) is 15.3. The standard InChI is InChI=1S/C19H16ClN3O2S/c20-14-3-1-2-12(8-14)9-18-23-16(11-26-18)10-17(24)22-15-6-4-13(5-7-15)19(21)25/h1-8,11H,9-10H2,(H2,21,25)(H,22,24). The van der Waals surface area contributed by atoms with Crippen molar-refractivity contribution in [3.63, 3.8) is 0 Å². The van der Waals surface area contributed by atoms with Crippen LogP contribution in [0.2, 0.25) is 5.02 Å². The third kappa shape index (κ3) is 4.91. The largest absolute Gasteiger partial charge is 0.366 e. The van der Waals surface area contributed by atoms with Crippen LogP contribution in [0.4, 0.5) is 5.69 Å². The van der Waals surface area contributed by atoms with E-state index in [1.807, 2.05) is 29.6 Å². The lowest BCUT2D eigenvalue weighted by Crippen LogP contribution is -2.15. The highest BCUT2D eigenvalue weighted by Crippen LogP contribution is 2.18. The van der Waals surface area contributed by atoms with Gasteiger partial charge in [-0.25, -0.2) is 4.98 Å². The van der Waals surface area contributed by atoms with Crippen molar-refractivity contribution in [3.05, 3.63) is 80.8 Å². The summed E-state index contributed by atoms with van der Waals surface area (Å²) in [6.07, 6.45) is 0.866. The van der Waals surface area contributed by atoms with E-state index in [9.17, 15) is 9.59 Å². The fourth-order valence-corrected chi connectivity index (χ4v) is 3.46. The summed E-state index contributed by atoms with van der Waals surface area (Å²) in [5, 5.41) is 6.29. The van der Waals surface area contributed by atoms with Crippen molar-refractivity contribution in [2.75, 3.05) is 5.32 Å². The van der Waals surface area contributed by atoms with E-state index in [1.54, 1.807) is 24.3 Å². The Hall–Kier alpha value is -2.70. The molecule has 5 nitrogen and oxygen atoms in total. The molecule has 132 valence electrons. The third-order valence-electron chi connectivity index (χ3n) is 3.64. The van der Waals surface area contributed by atoms with Crippen molar-refractivity contribution < 1.29 is 9.59 Å². The number of primary amides is 1. The number of carbonyl (C=O) groups excluding carboxylic acids is 2. The summed E-state index contributed by atoms with van der Waals surface area (Å²) in [6, 6.07) is 14.1. The van der Waals surface area contributed by atoms with Crippen molar-refractivity contribution in [2.45, 2.75) is 12.8 Å². The predicted octanol–water partition coefficient (Wildman–Crippen LogP) is 3.67. The van der Waals surface area contributed by atoms with Gasteiger partial charge in [0.15, 0.2) is 0 Å². The fourth-order valence-electron chi connectivity index (χ4n) is 2.42. The zero-order valence-electron chi connectivity index (χ0n) is 13.7. The van der Waals surface area contributed by atoms with E-state index in [1.165, 1.54) is 11.3 Å². The van der Waals surface area contributed by atoms with Crippen LogP contribution < -0.4 is 11.1 Å². The monoisotopic (exact) mass is 385 g/mol. The second-order valence-electron chi connectivity index (χ2n) is 5.71. The van der Waals surface area contributed by atoms with Gasteiger partial charge in [-0.3, -0.25) is 9.59 Å². The minimum Gasteiger partial charge on any atom is -0.366 e. The molecule has 0 unspecified atom stereocenters. The Morgan fingerprint density at radius 1 is 1.15 bits per heavy atom. The lowest BCUT2D eigenvalue weighted by atomic mass is 10.2. The Labute approximate surface area is 159 Å². The topological polar surface area (TPSA) is 85.1 Å². The normalized spacial score (nSPS) is 10.5. The number of hydrogen-bond donors (Lipinski definition) is 2. The minimum atomic E-state index is -0.502. The van der Waals surface area contributed by atoms with Gasteiger partial charge in [-0.1, -0.05) is 23.7 Å². The number of carbonyl (C=O) groups is 2. The number of benzene rings is 2. The predicted molar refractivity (Wildman–Crippen MR) is 104 cm³/mol. The molecule has 0 radical (unpaired) electrons. The van der Waals surface area contributed by atoms with Crippen LogP contribution in [0.15, 0.2) is 53.9 Å². The number of halogens is 1. The van der Waals surface area contributed by atoms with Crippen LogP contribution in [-0.2, 0) is 17.6 Å². The second kappa shape index (κ2) is 8.12. The third-order valence-corrected chi connectivity index (χ3v) is 4.77. The van der Waals surface area contributed by atoms with Crippen molar-refractivity contribution in [1.29, 1.82) is 0 Å². The maximum absolute atomic E-state index is 12.2.